The molecule has 0 radical (unpaired) electrons. The Morgan fingerprint density at radius 1 is 1.54 bits per heavy atom. The van der Waals surface area contributed by atoms with Crippen molar-refractivity contribution in [2.24, 2.45) is 5.73 Å². The molecule has 0 aromatic heterocycles. The summed E-state index contributed by atoms with van der Waals surface area (Å²) < 4.78 is 12.9. The molecule has 72 valence electrons. The number of aliphatic hydroxyl groups excluding tert-OH is 1. The van der Waals surface area contributed by atoms with Crippen molar-refractivity contribution in [1.29, 1.82) is 0 Å². The van der Waals surface area contributed by atoms with Gasteiger partial charge in [-0.05, 0) is 31.0 Å². The van der Waals surface area contributed by atoms with Crippen molar-refractivity contribution in [2.75, 3.05) is 6.61 Å². The fourth-order valence-corrected chi connectivity index (χ4v) is 1.09. The average Bonchev–Trinajstić information content (AvgIpc) is 2.09. The summed E-state index contributed by atoms with van der Waals surface area (Å²) in [4.78, 5) is 0. The molecule has 3 N–H and O–H groups in total. The van der Waals surface area contributed by atoms with Gasteiger partial charge in [-0.3, -0.25) is 0 Å². The number of benzene rings is 1. The highest BCUT2D eigenvalue weighted by Crippen LogP contribution is 2.19. The van der Waals surface area contributed by atoms with Crippen LogP contribution < -0.4 is 5.73 Å². The summed E-state index contributed by atoms with van der Waals surface area (Å²) in [5, 5.41) is 8.99. The molecule has 2 nitrogen and oxygen atoms in total. The molecule has 13 heavy (non-hydrogen) atoms. The van der Waals surface area contributed by atoms with Gasteiger partial charge < -0.3 is 10.8 Å². The van der Waals surface area contributed by atoms with Crippen LogP contribution in [0.5, 0.6) is 0 Å². The standard InChI is InChI=1S/C10H14FNO/c1-7-5-8(3-4-9(7)11)10(2,12)6-13/h3-5,13H,6,12H2,1-2H3/t10-/m1/s1. The molecule has 0 amide bonds. The number of aryl methyl sites for hydroxylation is 1. The van der Waals surface area contributed by atoms with Crippen LogP contribution in [-0.2, 0) is 5.54 Å². The fraction of sp³-hybridized carbons (Fsp3) is 0.400. The minimum Gasteiger partial charge on any atom is -0.394 e. The first-order chi connectivity index (χ1) is 5.97. The minimum atomic E-state index is -0.793. The van der Waals surface area contributed by atoms with E-state index in [2.05, 4.69) is 0 Å². The molecule has 0 unspecified atom stereocenters. The predicted molar refractivity (Wildman–Crippen MR) is 49.8 cm³/mol. The lowest BCUT2D eigenvalue weighted by Crippen LogP contribution is -2.37. The summed E-state index contributed by atoms with van der Waals surface area (Å²) >= 11 is 0. The Morgan fingerprint density at radius 3 is 2.62 bits per heavy atom. The molecule has 0 heterocycles. The van der Waals surface area contributed by atoms with Crippen LogP contribution in [0.3, 0.4) is 0 Å². The lowest BCUT2D eigenvalue weighted by Gasteiger charge is -2.22. The molecule has 0 aliphatic carbocycles. The smallest absolute Gasteiger partial charge is 0.126 e. The molecule has 0 spiro atoms. The number of nitrogens with two attached hydrogens (primary N) is 1. The van der Waals surface area contributed by atoms with E-state index in [9.17, 15) is 4.39 Å². The molecular weight excluding hydrogens is 169 g/mol. The van der Waals surface area contributed by atoms with E-state index in [0.29, 0.717) is 5.56 Å². The van der Waals surface area contributed by atoms with Gasteiger partial charge >= 0.3 is 0 Å². The van der Waals surface area contributed by atoms with Crippen LogP contribution in [-0.4, -0.2) is 11.7 Å². The highest BCUT2D eigenvalue weighted by Gasteiger charge is 2.20. The molecule has 0 aliphatic rings. The second-order valence-corrected chi connectivity index (χ2v) is 3.54. The predicted octanol–water partition coefficient (Wildman–Crippen LogP) is 1.30. The van der Waals surface area contributed by atoms with Gasteiger partial charge in [0.15, 0.2) is 0 Å². The zero-order valence-electron chi connectivity index (χ0n) is 7.84. The lowest BCUT2D eigenvalue weighted by atomic mass is 9.93. The quantitative estimate of drug-likeness (QED) is 0.726. The Kier molecular flexibility index (Phi) is 2.68. The van der Waals surface area contributed by atoms with Crippen LogP contribution in [0, 0.1) is 12.7 Å². The van der Waals surface area contributed by atoms with Gasteiger partial charge in [-0.25, -0.2) is 4.39 Å². The Morgan fingerprint density at radius 2 is 2.15 bits per heavy atom. The number of aliphatic hydroxyl groups is 1. The lowest BCUT2D eigenvalue weighted by molar-refractivity contribution is 0.210. The summed E-state index contributed by atoms with van der Waals surface area (Å²) in [5.74, 6) is -0.252. The summed E-state index contributed by atoms with van der Waals surface area (Å²) in [6.07, 6.45) is 0. The molecule has 0 bridgehead atoms. The van der Waals surface area contributed by atoms with Crippen LogP contribution in [0.2, 0.25) is 0 Å². The van der Waals surface area contributed by atoms with Crippen LogP contribution in [0.25, 0.3) is 0 Å². The van der Waals surface area contributed by atoms with E-state index in [-0.39, 0.29) is 12.4 Å². The van der Waals surface area contributed by atoms with Crippen molar-refractivity contribution in [2.45, 2.75) is 19.4 Å². The highest BCUT2D eigenvalue weighted by atomic mass is 19.1. The van der Waals surface area contributed by atoms with Crippen molar-refractivity contribution in [3.05, 3.63) is 35.1 Å². The molecule has 1 atom stereocenters. The topological polar surface area (TPSA) is 46.2 Å². The van der Waals surface area contributed by atoms with Crippen LogP contribution in [0.15, 0.2) is 18.2 Å². The largest absolute Gasteiger partial charge is 0.394 e. The SMILES string of the molecule is Cc1cc([C@](C)(N)CO)ccc1F. The van der Waals surface area contributed by atoms with Crippen molar-refractivity contribution in [1.82, 2.24) is 0 Å². The van der Waals surface area contributed by atoms with Crippen LogP contribution in [0.4, 0.5) is 4.39 Å². The third kappa shape index (κ3) is 2.05. The Bertz CT molecular complexity index is 310. The molecule has 0 fully saturated rings. The van der Waals surface area contributed by atoms with Gasteiger partial charge in [0.2, 0.25) is 0 Å². The monoisotopic (exact) mass is 183 g/mol. The van der Waals surface area contributed by atoms with Gasteiger partial charge in [-0.2, -0.15) is 0 Å². The van der Waals surface area contributed by atoms with E-state index < -0.39 is 5.54 Å². The highest BCUT2D eigenvalue weighted by molar-refractivity contribution is 5.29. The Hall–Kier alpha value is -0.930. The second kappa shape index (κ2) is 3.44. The van der Waals surface area contributed by atoms with Crippen molar-refractivity contribution in [3.8, 4) is 0 Å². The number of hydrogen-bond donors (Lipinski definition) is 2. The zero-order valence-corrected chi connectivity index (χ0v) is 7.84. The molecule has 3 heteroatoms. The maximum absolute atomic E-state index is 12.9. The van der Waals surface area contributed by atoms with Gasteiger partial charge in [0.25, 0.3) is 0 Å². The van der Waals surface area contributed by atoms with E-state index in [1.165, 1.54) is 6.07 Å². The van der Waals surface area contributed by atoms with Crippen molar-refractivity contribution < 1.29 is 9.50 Å². The molecule has 1 rings (SSSR count). The van der Waals surface area contributed by atoms with Gasteiger partial charge in [-0.1, -0.05) is 12.1 Å². The fourth-order valence-electron chi connectivity index (χ4n) is 1.09. The average molecular weight is 183 g/mol. The van der Waals surface area contributed by atoms with Crippen LogP contribution >= 0.6 is 0 Å². The Labute approximate surface area is 77.2 Å². The first-order valence-corrected chi connectivity index (χ1v) is 4.14. The van der Waals surface area contributed by atoms with E-state index in [1.807, 2.05) is 0 Å². The molecule has 1 aromatic rings. The minimum absolute atomic E-state index is 0.155. The Balaban J connectivity index is 3.10. The molecule has 0 aliphatic heterocycles. The third-order valence-corrected chi connectivity index (χ3v) is 2.15. The number of halogens is 1. The maximum atomic E-state index is 12.9. The van der Waals surface area contributed by atoms with Gasteiger partial charge in [0, 0.05) is 0 Å². The van der Waals surface area contributed by atoms with Gasteiger partial charge in [0.05, 0.1) is 12.1 Å². The summed E-state index contributed by atoms with van der Waals surface area (Å²) in [7, 11) is 0. The van der Waals surface area contributed by atoms with E-state index in [0.717, 1.165) is 5.56 Å². The van der Waals surface area contributed by atoms with Gasteiger partial charge in [-0.15, -0.1) is 0 Å². The number of rotatable bonds is 2. The van der Waals surface area contributed by atoms with E-state index in [1.54, 1.807) is 26.0 Å². The van der Waals surface area contributed by atoms with Crippen LogP contribution in [0.1, 0.15) is 18.1 Å². The van der Waals surface area contributed by atoms with E-state index in [4.69, 9.17) is 10.8 Å². The van der Waals surface area contributed by atoms with E-state index >= 15 is 0 Å². The summed E-state index contributed by atoms with van der Waals surface area (Å²) in [6.45, 7) is 3.23. The molecular formula is C10H14FNO. The first kappa shape index (κ1) is 10.2. The second-order valence-electron chi connectivity index (χ2n) is 3.54. The summed E-state index contributed by atoms with van der Waals surface area (Å²) in [5.41, 5.74) is 6.28. The molecule has 1 aromatic carbocycles. The van der Waals surface area contributed by atoms with Crippen molar-refractivity contribution in [3.63, 3.8) is 0 Å². The normalized spacial score (nSPS) is 15.5. The van der Waals surface area contributed by atoms with Gasteiger partial charge in [0.1, 0.15) is 5.82 Å². The first-order valence-electron chi connectivity index (χ1n) is 4.14. The number of hydrogen-bond acceptors (Lipinski definition) is 2. The maximum Gasteiger partial charge on any atom is 0.126 e. The molecule has 0 saturated carbocycles. The van der Waals surface area contributed by atoms with Crippen molar-refractivity contribution >= 4 is 0 Å². The zero-order chi connectivity index (χ0) is 10.1. The molecule has 0 saturated heterocycles. The third-order valence-electron chi connectivity index (χ3n) is 2.15. The summed E-state index contributed by atoms with van der Waals surface area (Å²) in [6, 6.07) is 4.62.